The van der Waals surface area contributed by atoms with Crippen molar-refractivity contribution in [3.63, 3.8) is 0 Å². The van der Waals surface area contributed by atoms with Gasteiger partial charge in [-0.3, -0.25) is 24.1 Å². The maximum atomic E-state index is 14.2. The highest BCUT2D eigenvalue weighted by Crippen LogP contribution is 2.35. The third-order valence-electron chi connectivity index (χ3n) is 10.6. The zero-order valence-electron chi connectivity index (χ0n) is 30.5. The van der Waals surface area contributed by atoms with Gasteiger partial charge in [0.2, 0.25) is 5.91 Å². The summed E-state index contributed by atoms with van der Waals surface area (Å²) in [7, 11) is 3.78. The lowest BCUT2D eigenvalue weighted by Crippen LogP contribution is -2.50. The molecule has 10 heteroatoms. The molecule has 2 amide bonds. The summed E-state index contributed by atoms with van der Waals surface area (Å²) in [5.41, 5.74) is 0.875. The second kappa shape index (κ2) is 16.9. The van der Waals surface area contributed by atoms with Crippen LogP contribution in [0.2, 0.25) is 0 Å². The van der Waals surface area contributed by atoms with E-state index < -0.39 is 23.5 Å². The Labute approximate surface area is 295 Å². The van der Waals surface area contributed by atoms with Gasteiger partial charge in [-0.05, 0) is 68.0 Å². The predicted molar refractivity (Wildman–Crippen MR) is 195 cm³/mol. The Morgan fingerprint density at radius 1 is 1.10 bits per heavy atom. The number of benzene rings is 2. The lowest BCUT2D eigenvalue weighted by Gasteiger charge is -2.38. The molecule has 2 aromatic carbocycles. The van der Waals surface area contributed by atoms with E-state index >= 15 is 0 Å². The molecule has 1 aromatic heterocycles. The number of likely N-dealkylation sites (tertiary alicyclic amines) is 1. The van der Waals surface area contributed by atoms with Gasteiger partial charge in [-0.15, -0.1) is 11.3 Å². The highest BCUT2D eigenvalue weighted by atomic mass is 32.1. The molecule has 0 bridgehead atoms. The van der Waals surface area contributed by atoms with Crippen molar-refractivity contribution in [1.82, 2.24) is 20.1 Å². The number of fused-ring (bicyclic) bond motifs is 1. The molecular formula is C39H54N4O5S. The van der Waals surface area contributed by atoms with Gasteiger partial charge in [0, 0.05) is 50.7 Å². The molecule has 1 saturated heterocycles. The average Bonchev–Trinajstić information content (AvgIpc) is 3.71. The van der Waals surface area contributed by atoms with Gasteiger partial charge in [0.05, 0.1) is 5.54 Å². The summed E-state index contributed by atoms with van der Waals surface area (Å²) >= 11 is 1.27. The Morgan fingerprint density at radius 3 is 2.47 bits per heavy atom. The first kappa shape index (κ1) is 38.2. The number of hydrogen-bond acceptors (Lipinski definition) is 8. The molecule has 0 spiro atoms. The number of esters is 1. The molecule has 5 atom stereocenters. The van der Waals surface area contributed by atoms with E-state index in [9.17, 15) is 19.2 Å². The van der Waals surface area contributed by atoms with Gasteiger partial charge in [-0.2, -0.15) is 0 Å². The Hall–Kier alpha value is -3.63. The molecule has 0 aliphatic carbocycles. The fourth-order valence-electron chi connectivity index (χ4n) is 7.06. The fraction of sp³-hybridized carbons (Fsp3) is 0.564. The number of hydrogen-bond donors (Lipinski definition) is 1. The molecule has 1 N–H and O–H groups in total. The first-order valence-corrected chi connectivity index (χ1v) is 18.5. The molecule has 9 nitrogen and oxygen atoms in total. The lowest BCUT2D eigenvalue weighted by atomic mass is 9.80. The van der Waals surface area contributed by atoms with E-state index in [-0.39, 0.29) is 47.6 Å². The van der Waals surface area contributed by atoms with Crippen molar-refractivity contribution in [3.05, 3.63) is 64.1 Å². The molecule has 4 rings (SSSR count). The molecule has 1 fully saturated rings. The van der Waals surface area contributed by atoms with E-state index in [1.54, 1.807) is 17.3 Å². The normalized spacial score (nSPS) is 19.0. The largest absolute Gasteiger partial charge is 0.455 e. The van der Waals surface area contributed by atoms with E-state index in [0.29, 0.717) is 24.4 Å². The second-order valence-corrected chi connectivity index (χ2v) is 15.1. The SMILES string of the molecule is CC[C@H](C)[C@H](CC(=O)[C@@]1(C)CCCN1C)C(=O)N(C)[C@H](C[C@@H](OC(C)=O)c1nc(C(=O)NCCc2cccc3ccccc23)cs1)C(C)C. The summed E-state index contributed by atoms with van der Waals surface area (Å²) in [6.45, 7) is 12.8. The first-order chi connectivity index (χ1) is 23.3. The van der Waals surface area contributed by atoms with Gasteiger partial charge in [0.1, 0.15) is 10.7 Å². The van der Waals surface area contributed by atoms with Gasteiger partial charge in [0.15, 0.2) is 11.9 Å². The maximum Gasteiger partial charge on any atom is 0.303 e. The second-order valence-electron chi connectivity index (χ2n) is 14.2. The molecule has 2 heterocycles. The number of aromatic nitrogens is 1. The number of nitrogens with one attached hydrogen (secondary N) is 1. The summed E-state index contributed by atoms with van der Waals surface area (Å²) in [4.78, 5) is 61.8. The van der Waals surface area contributed by atoms with Crippen LogP contribution in [0.3, 0.4) is 0 Å². The van der Waals surface area contributed by atoms with E-state index in [4.69, 9.17) is 4.74 Å². The van der Waals surface area contributed by atoms with Crippen molar-refractivity contribution >= 4 is 45.7 Å². The van der Waals surface area contributed by atoms with Crippen LogP contribution in [0.15, 0.2) is 47.8 Å². The topological polar surface area (TPSA) is 109 Å². The number of thiazole rings is 1. The van der Waals surface area contributed by atoms with Crippen molar-refractivity contribution in [1.29, 1.82) is 0 Å². The third-order valence-corrected chi connectivity index (χ3v) is 11.6. The van der Waals surface area contributed by atoms with E-state index in [0.717, 1.165) is 36.8 Å². The summed E-state index contributed by atoms with van der Waals surface area (Å²) in [6, 6.07) is 14.1. The number of ether oxygens (including phenoxy) is 1. The van der Waals surface area contributed by atoms with Crippen molar-refractivity contribution in [3.8, 4) is 0 Å². The predicted octanol–water partition coefficient (Wildman–Crippen LogP) is 6.85. The van der Waals surface area contributed by atoms with Gasteiger partial charge in [-0.25, -0.2) is 4.98 Å². The Morgan fingerprint density at radius 2 is 1.82 bits per heavy atom. The quantitative estimate of drug-likeness (QED) is 0.164. The van der Waals surface area contributed by atoms with Crippen molar-refractivity contribution in [2.24, 2.45) is 17.8 Å². The van der Waals surface area contributed by atoms with Crippen LogP contribution in [0, 0.1) is 17.8 Å². The van der Waals surface area contributed by atoms with Crippen LogP contribution in [-0.2, 0) is 25.5 Å². The van der Waals surface area contributed by atoms with Crippen LogP contribution in [0.5, 0.6) is 0 Å². The van der Waals surface area contributed by atoms with Crippen LogP contribution in [-0.4, -0.2) is 77.1 Å². The molecule has 1 aliphatic rings. The minimum Gasteiger partial charge on any atom is -0.455 e. The zero-order valence-corrected chi connectivity index (χ0v) is 31.3. The van der Waals surface area contributed by atoms with Gasteiger partial charge in [0.25, 0.3) is 5.91 Å². The zero-order chi connectivity index (χ0) is 35.9. The minimum absolute atomic E-state index is 0.0203. The van der Waals surface area contributed by atoms with Gasteiger partial charge >= 0.3 is 5.97 Å². The van der Waals surface area contributed by atoms with Crippen molar-refractivity contribution < 1.29 is 23.9 Å². The third kappa shape index (κ3) is 9.14. The highest BCUT2D eigenvalue weighted by Gasteiger charge is 2.43. The minimum atomic E-state index is -0.739. The number of amides is 2. The molecule has 266 valence electrons. The smallest absolute Gasteiger partial charge is 0.303 e. The number of carbonyl (C=O) groups excluding carboxylic acids is 4. The van der Waals surface area contributed by atoms with Crippen LogP contribution in [0.4, 0.5) is 0 Å². The van der Waals surface area contributed by atoms with Gasteiger partial charge in [-0.1, -0.05) is 76.6 Å². The Kier molecular flexibility index (Phi) is 13.1. The number of ketones is 1. The number of Topliss-reactive ketones (excluding diaryl/α,β-unsaturated/α-hetero) is 1. The standard InChI is InChI=1S/C39H54N4O5S/c1-9-26(4)31(22-35(45)39(6)19-13-21-42(39)7)38(47)43(8)33(25(2)3)23-34(48-27(5)44)37-41-32(24-49-37)36(46)40-20-18-29-16-12-15-28-14-10-11-17-30(28)29/h10-12,14-17,24-26,31,33-34H,9,13,18-23H2,1-8H3,(H,40,46)/t26-,31-,33+,34+,39+/m0/s1. The van der Waals surface area contributed by atoms with Crippen molar-refractivity contribution in [2.75, 3.05) is 27.2 Å². The molecular weight excluding hydrogens is 637 g/mol. The van der Waals surface area contributed by atoms with E-state index in [1.165, 1.54) is 23.6 Å². The summed E-state index contributed by atoms with van der Waals surface area (Å²) in [6.07, 6.45) is 3.00. The van der Waals surface area contributed by atoms with E-state index in [2.05, 4.69) is 46.4 Å². The number of carbonyl (C=O) groups is 4. The number of nitrogens with zero attached hydrogens (tertiary/aromatic N) is 3. The Bertz CT molecular complexity index is 1620. The van der Waals surface area contributed by atoms with Crippen molar-refractivity contribution in [2.45, 2.75) is 97.8 Å². The highest BCUT2D eigenvalue weighted by molar-refractivity contribution is 7.09. The van der Waals surface area contributed by atoms with Crippen LogP contribution < -0.4 is 5.32 Å². The number of rotatable bonds is 16. The average molecular weight is 691 g/mol. The Balaban J connectivity index is 1.46. The maximum absolute atomic E-state index is 14.2. The monoisotopic (exact) mass is 690 g/mol. The van der Waals surface area contributed by atoms with Crippen LogP contribution in [0.1, 0.15) is 101 Å². The summed E-state index contributed by atoms with van der Waals surface area (Å²) in [5, 5.41) is 7.50. The first-order valence-electron chi connectivity index (χ1n) is 17.6. The summed E-state index contributed by atoms with van der Waals surface area (Å²) in [5.74, 6) is -1.12. The number of likely N-dealkylation sites (N-methyl/N-ethyl adjacent to an activating group) is 1. The fourth-order valence-corrected chi connectivity index (χ4v) is 7.90. The molecule has 0 saturated carbocycles. The molecule has 49 heavy (non-hydrogen) atoms. The molecule has 0 unspecified atom stereocenters. The molecule has 3 aromatic rings. The van der Waals surface area contributed by atoms with Crippen LogP contribution in [0.25, 0.3) is 10.8 Å². The molecule has 1 aliphatic heterocycles. The van der Waals surface area contributed by atoms with E-state index in [1.807, 2.05) is 52.9 Å². The lowest BCUT2D eigenvalue weighted by molar-refractivity contribution is -0.149. The summed E-state index contributed by atoms with van der Waals surface area (Å²) < 4.78 is 5.79. The van der Waals surface area contributed by atoms with Gasteiger partial charge < -0.3 is 15.0 Å². The van der Waals surface area contributed by atoms with Crippen LogP contribution >= 0.6 is 11.3 Å². The molecule has 0 radical (unpaired) electrons.